The molecule has 3 heteroatoms. The lowest BCUT2D eigenvalue weighted by atomic mass is 9.87. The highest BCUT2D eigenvalue weighted by Gasteiger charge is 2.18. The van der Waals surface area contributed by atoms with E-state index < -0.39 is 0 Å². The van der Waals surface area contributed by atoms with Gasteiger partial charge >= 0.3 is 0 Å². The molecule has 0 unspecified atom stereocenters. The van der Waals surface area contributed by atoms with Gasteiger partial charge in [0.1, 0.15) is 0 Å². The molecule has 0 spiro atoms. The Balaban J connectivity index is 2.42. The Morgan fingerprint density at radius 1 is 1.21 bits per heavy atom. The van der Waals surface area contributed by atoms with Crippen molar-refractivity contribution in [3.05, 3.63) is 33.4 Å². The average molecular weight is 373 g/mol. The van der Waals surface area contributed by atoms with Crippen LogP contribution < -0.4 is 5.32 Å². The number of amides is 1. The second-order valence-electron chi connectivity index (χ2n) is 5.81. The van der Waals surface area contributed by atoms with Gasteiger partial charge in [-0.1, -0.05) is 40.0 Å². The Morgan fingerprint density at radius 2 is 1.84 bits per heavy atom. The second kappa shape index (κ2) is 7.88. The van der Waals surface area contributed by atoms with Crippen molar-refractivity contribution in [2.75, 3.05) is 6.54 Å². The minimum absolute atomic E-state index is 0.0277. The molecule has 0 saturated carbocycles. The summed E-state index contributed by atoms with van der Waals surface area (Å²) in [4.78, 5) is 12.0. The number of unbranched alkanes of at least 4 members (excludes halogenated alkanes) is 2. The van der Waals surface area contributed by atoms with Gasteiger partial charge in [-0.25, -0.2) is 0 Å². The zero-order chi connectivity index (χ0) is 14.3. The Hall–Kier alpha value is -0.580. The minimum Gasteiger partial charge on any atom is -0.352 e. The Morgan fingerprint density at radius 3 is 2.42 bits per heavy atom. The predicted molar refractivity (Wildman–Crippen MR) is 89.4 cm³/mol. The van der Waals surface area contributed by atoms with Crippen LogP contribution in [0, 0.1) is 8.99 Å². The van der Waals surface area contributed by atoms with E-state index in [0.717, 1.165) is 22.1 Å². The molecule has 0 bridgehead atoms. The maximum absolute atomic E-state index is 12.0. The summed E-state index contributed by atoms with van der Waals surface area (Å²) in [5.74, 6) is 0.0277. The van der Waals surface area contributed by atoms with Gasteiger partial charge in [-0.15, -0.1) is 0 Å². The summed E-state index contributed by atoms with van der Waals surface area (Å²) >= 11 is 2.24. The van der Waals surface area contributed by atoms with Gasteiger partial charge in [-0.05, 0) is 58.7 Å². The van der Waals surface area contributed by atoms with Crippen LogP contribution in [0.25, 0.3) is 0 Å². The Bertz CT molecular complexity index is 398. The number of hydrogen-bond acceptors (Lipinski definition) is 1. The molecule has 0 aliphatic carbocycles. The van der Waals surface area contributed by atoms with Crippen LogP contribution in [0.3, 0.4) is 0 Å². The van der Waals surface area contributed by atoms with Gasteiger partial charge < -0.3 is 5.32 Å². The third kappa shape index (κ3) is 6.41. The van der Waals surface area contributed by atoms with Crippen molar-refractivity contribution in [3.63, 3.8) is 0 Å². The van der Waals surface area contributed by atoms with Gasteiger partial charge in [0.15, 0.2) is 0 Å². The zero-order valence-corrected chi connectivity index (χ0v) is 14.3. The first-order valence-corrected chi connectivity index (χ1v) is 8.06. The number of nitrogens with one attached hydrogen (secondary N) is 1. The molecule has 1 aromatic rings. The molecule has 2 nitrogen and oxygen atoms in total. The molecule has 1 amide bonds. The van der Waals surface area contributed by atoms with Gasteiger partial charge in [-0.2, -0.15) is 0 Å². The zero-order valence-electron chi connectivity index (χ0n) is 12.1. The highest BCUT2D eigenvalue weighted by Crippen LogP contribution is 2.22. The highest BCUT2D eigenvalue weighted by molar-refractivity contribution is 14.1. The van der Waals surface area contributed by atoms with Crippen molar-refractivity contribution in [2.45, 2.75) is 46.5 Å². The van der Waals surface area contributed by atoms with Crippen molar-refractivity contribution in [3.8, 4) is 0 Å². The van der Waals surface area contributed by atoms with E-state index in [0.29, 0.717) is 0 Å². The van der Waals surface area contributed by atoms with E-state index in [1.165, 1.54) is 19.3 Å². The molecular weight excluding hydrogens is 349 g/mol. The fraction of sp³-hybridized carbons (Fsp3) is 0.562. The quantitative estimate of drug-likeness (QED) is 0.548. The summed E-state index contributed by atoms with van der Waals surface area (Å²) in [5.41, 5.74) is 0.915. The maximum atomic E-state index is 12.0. The molecule has 1 aromatic carbocycles. The first-order chi connectivity index (χ1) is 8.94. The van der Waals surface area contributed by atoms with E-state index in [2.05, 4.69) is 48.7 Å². The van der Waals surface area contributed by atoms with E-state index in [-0.39, 0.29) is 11.3 Å². The van der Waals surface area contributed by atoms with Crippen molar-refractivity contribution in [2.24, 2.45) is 5.41 Å². The van der Waals surface area contributed by atoms with Crippen molar-refractivity contribution >= 4 is 28.5 Å². The Kier molecular flexibility index (Phi) is 6.83. The van der Waals surface area contributed by atoms with Crippen LogP contribution in [0.15, 0.2) is 24.3 Å². The summed E-state index contributed by atoms with van der Waals surface area (Å²) in [6.07, 6.45) is 4.91. The monoisotopic (exact) mass is 373 g/mol. The lowest BCUT2D eigenvalue weighted by Crippen LogP contribution is -2.34. The lowest BCUT2D eigenvalue weighted by Gasteiger charge is -2.25. The van der Waals surface area contributed by atoms with Gasteiger partial charge in [-0.3, -0.25) is 4.79 Å². The molecule has 0 aromatic heterocycles. The summed E-state index contributed by atoms with van der Waals surface area (Å²) < 4.78 is 1.15. The molecule has 1 rings (SSSR count). The fourth-order valence-electron chi connectivity index (χ4n) is 1.96. The standard InChI is InChI=1S/C16H24INO/c1-4-5-6-11-16(2,3)12-18-15(19)13-7-9-14(17)10-8-13/h7-10H,4-6,11-12H2,1-3H3,(H,18,19). The largest absolute Gasteiger partial charge is 0.352 e. The lowest BCUT2D eigenvalue weighted by molar-refractivity contribution is 0.0934. The fourth-order valence-corrected chi connectivity index (χ4v) is 2.32. The van der Waals surface area contributed by atoms with E-state index in [4.69, 9.17) is 0 Å². The molecule has 106 valence electrons. The number of rotatable bonds is 7. The molecule has 0 saturated heterocycles. The van der Waals surface area contributed by atoms with E-state index in [1.807, 2.05) is 24.3 Å². The number of hydrogen-bond donors (Lipinski definition) is 1. The van der Waals surface area contributed by atoms with Crippen molar-refractivity contribution in [1.82, 2.24) is 5.32 Å². The van der Waals surface area contributed by atoms with Gasteiger partial charge in [0.05, 0.1) is 0 Å². The topological polar surface area (TPSA) is 29.1 Å². The van der Waals surface area contributed by atoms with Crippen molar-refractivity contribution < 1.29 is 4.79 Å². The molecule has 0 aliphatic heterocycles. The smallest absolute Gasteiger partial charge is 0.251 e. The minimum atomic E-state index is 0.0277. The second-order valence-corrected chi connectivity index (χ2v) is 7.06. The molecule has 0 aliphatic rings. The van der Waals surface area contributed by atoms with Gasteiger partial charge in [0, 0.05) is 15.7 Å². The maximum Gasteiger partial charge on any atom is 0.251 e. The number of carbonyl (C=O) groups is 1. The highest BCUT2D eigenvalue weighted by atomic mass is 127. The first-order valence-electron chi connectivity index (χ1n) is 6.98. The van der Waals surface area contributed by atoms with Gasteiger partial charge in [0.2, 0.25) is 0 Å². The molecule has 1 N–H and O–H groups in total. The Labute approximate surface area is 130 Å². The summed E-state index contributed by atoms with van der Waals surface area (Å²) in [6.45, 7) is 7.39. The van der Waals surface area contributed by atoms with E-state index in [1.54, 1.807) is 0 Å². The third-order valence-corrected chi connectivity index (χ3v) is 4.01. The average Bonchev–Trinajstić information content (AvgIpc) is 2.37. The number of halogens is 1. The molecule has 0 atom stereocenters. The van der Waals surface area contributed by atoms with Gasteiger partial charge in [0.25, 0.3) is 5.91 Å². The molecule has 0 fully saturated rings. The number of benzene rings is 1. The van der Waals surface area contributed by atoms with Crippen LogP contribution in [0.2, 0.25) is 0 Å². The summed E-state index contributed by atoms with van der Waals surface area (Å²) in [6, 6.07) is 7.67. The molecule has 0 radical (unpaired) electrons. The molecular formula is C16H24INO. The number of carbonyl (C=O) groups excluding carboxylic acids is 1. The van der Waals surface area contributed by atoms with E-state index in [9.17, 15) is 4.79 Å². The van der Waals surface area contributed by atoms with Crippen LogP contribution in [0.5, 0.6) is 0 Å². The first kappa shape index (κ1) is 16.5. The van der Waals surface area contributed by atoms with E-state index >= 15 is 0 Å². The third-order valence-electron chi connectivity index (χ3n) is 3.29. The van der Waals surface area contributed by atoms with Crippen LogP contribution >= 0.6 is 22.6 Å². The van der Waals surface area contributed by atoms with Crippen molar-refractivity contribution in [1.29, 1.82) is 0 Å². The molecule has 0 heterocycles. The summed E-state index contributed by atoms with van der Waals surface area (Å²) in [5, 5.41) is 3.04. The van der Waals surface area contributed by atoms with Crippen LogP contribution in [0.4, 0.5) is 0 Å². The predicted octanol–water partition coefficient (Wildman–Crippen LogP) is 4.63. The van der Waals surface area contributed by atoms with Crippen LogP contribution in [-0.2, 0) is 0 Å². The normalized spacial score (nSPS) is 11.4. The molecule has 19 heavy (non-hydrogen) atoms. The SMILES string of the molecule is CCCCCC(C)(C)CNC(=O)c1ccc(I)cc1. The summed E-state index contributed by atoms with van der Waals surface area (Å²) in [7, 11) is 0. The van der Waals surface area contributed by atoms with Crippen LogP contribution in [-0.4, -0.2) is 12.5 Å². The van der Waals surface area contributed by atoms with Crippen LogP contribution in [0.1, 0.15) is 56.8 Å².